The third-order valence-electron chi connectivity index (χ3n) is 8.92. The van der Waals surface area contributed by atoms with Crippen molar-refractivity contribution in [1.29, 1.82) is 0 Å². The Hall–Kier alpha value is -2.85. The second kappa shape index (κ2) is 9.09. The molecule has 210 valence electrons. The van der Waals surface area contributed by atoms with Crippen molar-refractivity contribution in [2.24, 2.45) is 0 Å². The van der Waals surface area contributed by atoms with Crippen molar-refractivity contribution in [3.63, 3.8) is 0 Å². The van der Waals surface area contributed by atoms with Crippen LogP contribution in [0.2, 0.25) is 0 Å². The van der Waals surface area contributed by atoms with E-state index < -0.39 is 17.7 Å². The fourth-order valence-corrected chi connectivity index (χ4v) is 7.26. The first-order valence-electron chi connectivity index (χ1n) is 13.7. The zero-order chi connectivity index (χ0) is 27.9. The number of aliphatic hydroxyl groups is 1. The lowest BCUT2D eigenvalue weighted by Crippen LogP contribution is -2.53. The van der Waals surface area contributed by atoms with Gasteiger partial charge >= 0.3 is 0 Å². The summed E-state index contributed by atoms with van der Waals surface area (Å²) in [5.41, 5.74) is 4.00. The number of carbonyl (C=O) groups excluding carboxylic acids is 1. The molecule has 2 fully saturated rings. The Balaban J connectivity index is 1.45. The quantitative estimate of drug-likeness (QED) is 0.423. The lowest BCUT2D eigenvalue weighted by atomic mass is 9.74. The van der Waals surface area contributed by atoms with Gasteiger partial charge in [0.05, 0.1) is 30.5 Å². The van der Waals surface area contributed by atoms with E-state index in [4.69, 9.17) is 18.9 Å². The zero-order valence-electron chi connectivity index (χ0n) is 22.7. The molecule has 4 aliphatic rings. The maximum atomic E-state index is 11.9. The van der Waals surface area contributed by atoms with Gasteiger partial charge in [-0.15, -0.1) is 0 Å². The summed E-state index contributed by atoms with van der Waals surface area (Å²) in [6.45, 7) is 7.43. The average molecular weight is 541 g/mol. The first-order chi connectivity index (χ1) is 18.4. The lowest BCUT2D eigenvalue weighted by molar-refractivity contribution is -0.301. The van der Waals surface area contributed by atoms with Crippen molar-refractivity contribution in [1.82, 2.24) is 0 Å². The summed E-state index contributed by atoms with van der Waals surface area (Å²) in [6, 6.07) is 1.48. The highest BCUT2D eigenvalue weighted by atomic mass is 16.7. The fraction of sp³-hybridized carbons (Fsp3) is 0.567. The van der Waals surface area contributed by atoms with Crippen LogP contribution in [0.1, 0.15) is 89.2 Å². The van der Waals surface area contributed by atoms with E-state index in [0.717, 1.165) is 23.1 Å². The van der Waals surface area contributed by atoms with E-state index in [0.29, 0.717) is 48.8 Å². The van der Waals surface area contributed by atoms with Crippen LogP contribution in [0.5, 0.6) is 23.0 Å². The minimum atomic E-state index is -1.17. The summed E-state index contributed by atoms with van der Waals surface area (Å²) >= 11 is 0. The van der Waals surface area contributed by atoms with Gasteiger partial charge < -0.3 is 39.4 Å². The Morgan fingerprint density at radius 1 is 1.00 bits per heavy atom. The van der Waals surface area contributed by atoms with Crippen molar-refractivity contribution >= 4 is 6.29 Å². The number of hydrogen-bond donors (Lipinski definition) is 4. The van der Waals surface area contributed by atoms with Gasteiger partial charge in [0.2, 0.25) is 5.79 Å². The van der Waals surface area contributed by atoms with E-state index >= 15 is 0 Å². The highest BCUT2D eigenvalue weighted by Crippen LogP contribution is 2.56. The van der Waals surface area contributed by atoms with E-state index in [9.17, 15) is 25.2 Å². The minimum absolute atomic E-state index is 0.0268. The SMILES string of the molecule is Cc1c(O)cc(CC23CC(CC(C)O2)c2c4c(c(O)c(C)c2O3)COC2(C4)CC(O)CC(C)O2)c(C=O)c1O. The van der Waals surface area contributed by atoms with Crippen LogP contribution in [0.3, 0.4) is 0 Å². The molecule has 6 atom stereocenters. The van der Waals surface area contributed by atoms with Crippen LogP contribution < -0.4 is 4.74 Å². The molecule has 2 aromatic carbocycles. The Bertz CT molecular complexity index is 1340. The molecule has 4 heterocycles. The molecule has 9 nitrogen and oxygen atoms in total. The van der Waals surface area contributed by atoms with E-state index in [2.05, 4.69) is 0 Å². The average Bonchev–Trinajstić information content (AvgIpc) is 2.84. The van der Waals surface area contributed by atoms with Crippen LogP contribution in [-0.4, -0.2) is 56.6 Å². The van der Waals surface area contributed by atoms with Crippen LogP contribution in [-0.2, 0) is 33.7 Å². The van der Waals surface area contributed by atoms with Crippen LogP contribution in [0.4, 0.5) is 0 Å². The first kappa shape index (κ1) is 26.4. The summed E-state index contributed by atoms with van der Waals surface area (Å²) in [6.07, 6.45) is 2.34. The number of phenolic OH excluding ortho intramolecular Hbond substituents is 3. The fourth-order valence-electron chi connectivity index (χ4n) is 7.26. The Kier molecular flexibility index (Phi) is 6.15. The molecule has 39 heavy (non-hydrogen) atoms. The number of aromatic hydroxyl groups is 3. The summed E-state index contributed by atoms with van der Waals surface area (Å²) < 4.78 is 25.6. The number of carbonyl (C=O) groups is 1. The third kappa shape index (κ3) is 4.18. The van der Waals surface area contributed by atoms with E-state index in [1.807, 2.05) is 13.8 Å². The largest absolute Gasteiger partial charge is 0.508 e. The predicted octanol–water partition coefficient (Wildman–Crippen LogP) is 4.18. The van der Waals surface area contributed by atoms with Crippen molar-refractivity contribution in [2.45, 2.75) is 109 Å². The molecule has 0 aromatic heterocycles. The van der Waals surface area contributed by atoms with Gasteiger partial charge in [-0.1, -0.05) is 0 Å². The van der Waals surface area contributed by atoms with Crippen molar-refractivity contribution in [3.05, 3.63) is 45.0 Å². The Labute approximate surface area is 227 Å². The Morgan fingerprint density at radius 2 is 1.74 bits per heavy atom. The van der Waals surface area contributed by atoms with Gasteiger partial charge in [0.25, 0.3) is 0 Å². The third-order valence-corrected chi connectivity index (χ3v) is 8.92. The van der Waals surface area contributed by atoms with Crippen molar-refractivity contribution in [3.8, 4) is 23.0 Å². The first-order valence-corrected chi connectivity index (χ1v) is 13.7. The molecule has 9 heteroatoms. The maximum absolute atomic E-state index is 11.9. The molecule has 6 unspecified atom stereocenters. The van der Waals surface area contributed by atoms with Gasteiger partial charge in [-0.3, -0.25) is 4.79 Å². The van der Waals surface area contributed by atoms with E-state index in [1.165, 1.54) is 6.07 Å². The van der Waals surface area contributed by atoms with E-state index in [1.54, 1.807) is 13.8 Å². The number of aliphatic hydroxyl groups excluding tert-OH is 1. The van der Waals surface area contributed by atoms with Gasteiger partial charge in [-0.2, -0.15) is 0 Å². The van der Waals surface area contributed by atoms with Gasteiger partial charge in [0.15, 0.2) is 12.1 Å². The van der Waals surface area contributed by atoms with Gasteiger partial charge in [-0.25, -0.2) is 0 Å². The summed E-state index contributed by atoms with van der Waals surface area (Å²) in [4.78, 5) is 11.9. The lowest BCUT2D eigenvalue weighted by Gasteiger charge is -2.51. The highest BCUT2D eigenvalue weighted by molar-refractivity contribution is 5.83. The molecule has 0 aliphatic carbocycles. The molecule has 0 amide bonds. The molecule has 0 saturated carbocycles. The molecular formula is C30H36O9. The number of ether oxygens (including phenoxy) is 4. The molecule has 6 rings (SSSR count). The number of phenols is 3. The number of aldehydes is 1. The Morgan fingerprint density at radius 3 is 2.46 bits per heavy atom. The van der Waals surface area contributed by atoms with Gasteiger partial charge in [0.1, 0.15) is 23.0 Å². The summed E-state index contributed by atoms with van der Waals surface area (Å²) in [5.74, 6) is -1.83. The second-order valence-corrected chi connectivity index (χ2v) is 11.9. The van der Waals surface area contributed by atoms with Crippen molar-refractivity contribution in [2.75, 3.05) is 0 Å². The molecule has 2 saturated heterocycles. The molecular weight excluding hydrogens is 504 g/mol. The van der Waals surface area contributed by atoms with Crippen LogP contribution in [0, 0.1) is 13.8 Å². The molecule has 2 aromatic rings. The molecule has 4 aliphatic heterocycles. The normalized spacial score (nSPS) is 33.3. The number of fused-ring (bicyclic) bond motifs is 6. The van der Waals surface area contributed by atoms with Gasteiger partial charge in [0, 0.05) is 47.9 Å². The topological polar surface area (TPSA) is 135 Å². The molecule has 2 bridgehead atoms. The smallest absolute Gasteiger partial charge is 0.215 e. The van der Waals surface area contributed by atoms with Gasteiger partial charge in [-0.05, 0) is 63.6 Å². The minimum Gasteiger partial charge on any atom is -0.508 e. The van der Waals surface area contributed by atoms with Crippen molar-refractivity contribution < 1.29 is 44.2 Å². The summed E-state index contributed by atoms with van der Waals surface area (Å²) in [7, 11) is 0. The zero-order valence-corrected chi connectivity index (χ0v) is 22.7. The van der Waals surface area contributed by atoms with Crippen LogP contribution in [0.15, 0.2) is 6.07 Å². The highest BCUT2D eigenvalue weighted by Gasteiger charge is 2.52. The predicted molar refractivity (Wildman–Crippen MR) is 139 cm³/mol. The molecule has 1 spiro atoms. The number of rotatable bonds is 3. The molecule has 4 N–H and O–H groups in total. The van der Waals surface area contributed by atoms with Crippen LogP contribution in [0.25, 0.3) is 0 Å². The maximum Gasteiger partial charge on any atom is 0.215 e. The monoisotopic (exact) mass is 540 g/mol. The molecule has 0 radical (unpaired) electrons. The number of hydrogen-bond acceptors (Lipinski definition) is 9. The number of benzene rings is 2. The second-order valence-electron chi connectivity index (χ2n) is 11.9. The van der Waals surface area contributed by atoms with Crippen LogP contribution >= 0.6 is 0 Å². The standard InChI is InChI=1S/C30H36O9/c1-14-5-19-9-30(38-14,8-18-7-24(33)16(3)26(34)22(18)12-31)39-28-17(4)27(35)23-13-36-29(11-21(23)25(19)28)10-20(32)6-15(2)37-29/h7,12,14-15,19-20,32-35H,5-6,8-11,13H2,1-4H3. The summed E-state index contributed by atoms with van der Waals surface area (Å²) in [5, 5.41) is 42.7. The van der Waals surface area contributed by atoms with E-state index in [-0.39, 0.29) is 59.5 Å².